The van der Waals surface area contributed by atoms with Crippen LogP contribution in [-0.4, -0.2) is 47.8 Å². The maximum Gasteiger partial charge on any atom is 0.244 e. The third-order valence-electron chi connectivity index (χ3n) is 3.71. The van der Waals surface area contributed by atoms with Gasteiger partial charge in [0.25, 0.3) is 0 Å². The Hall–Kier alpha value is -1.91. The fourth-order valence-corrected chi connectivity index (χ4v) is 2.44. The second kappa shape index (κ2) is 6.03. The lowest BCUT2D eigenvalue weighted by molar-refractivity contribution is -0.149. The molecule has 1 aliphatic heterocycles. The van der Waals surface area contributed by atoms with Gasteiger partial charge in [0.05, 0.1) is 0 Å². The van der Waals surface area contributed by atoms with Crippen LogP contribution in [0.2, 0.25) is 0 Å². The topological polar surface area (TPSA) is 40.6 Å². The van der Waals surface area contributed by atoms with Crippen LogP contribution in [0, 0.1) is 5.82 Å². The van der Waals surface area contributed by atoms with Crippen molar-refractivity contribution in [3.63, 3.8) is 0 Å². The molecule has 1 saturated heterocycles. The summed E-state index contributed by atoms with van der Waals surface area (Å²) < 4.78 is 13.1. The van der Waals surface area contributed by atoms with Crippen LogP contribution in [0.5, 0.6) is 0 Å². The summed E-state index contributed by atoms with van der Waals surface area (Å²) >= 11 is 0. The number of aryl methyl sites for hydroxylation is 1. The van der Waals surface area contributed by atoms with Gasteiger partial charge < -0.3 is 9.80 Å². The van der Waals surface area contributed by atoms with Crippen molar-refractivity contribution in [2.75, 3.05) is 20.1 Å². The Morgan fingerprint density at radius 1 is 1.40 bits per heavy atom. The van der Waals surface area contributed by atoms with Gasteiger partial charge >= 0.3 is 0 Å². The molecule has 1 aliphatic rings. The van der Waals surface area contributed by atoms with E-state index in [9.17, 15) is 14.0 Å². The predicted molar refractivity (Wildman–Crippen MR) is 73.5 cm³/mol. The van der Waals surface area contributed by atoms with Crippen molar-refractivity contribution in [3.8, 4) is 0 Å². The zero-order chi connectivity index (χ0) is 14.7. The highest BCUT2D eigenvalue weighted by atomic mass is 19.1. The zero-order valence-electron chi connectivity index (χ0n) is 11.8. The Kier molecular flexibility index (Phi) is 4.37. The van der Waals surface area contributed by atoms with Crippen molar-refractivity contribution in [1.82, 2.24) is 9.80 Å². The van der Waals surface area contributed by atoms with E-state index in [1.54, 1.807) is 35.9 Å². The third-order valence-corrected chi connectivity index (χ3v) is 3.71. The fourth-order valence-electron chi connectivity index (χ4n) is 2.44. The van der Waals surface area contributed by atoms with Crippen LogP contribution < -0.4 is 0 Å². The molecular formula is C15H19FN2O2. The monoisotopic (exact) mass is 278 g/mol. The van der Waals surface area contributed by atoms with E-state index in [2.05, 4.69) is 0 Å². The lowest BCUT2D eigenvalue weighted by atomic mass is 10.1. The Balaban J connectivity index is 1.93. The molecule has 0 radical (unpaired) electrons. The number of hydrogen-bond acceptors (Lipinski definition) is 2. The normalized spacial score (nSPS) is 19.4. The summed E-state index contributed by atoms with van der Waals surface area (Å²) in [5.74, 6) is -0.378. The number of likely N-dealkylation sites (N-methyl/N-ethyl adjacent to an activating group) is 1. The number of nitrogens with zero attached hydrogens (tertiary/aromatic N) is 2. The van der Waals surface area contributed by atoms with Crippen molar-refractivity contribution < 1.29 is 14.0 Å². The van der Waals surface area contributed by atoms with Gasteiger partial charge in [0.2, 0.25) is 11.8 Å². The largest absolute Gasteiger partial charge is 0.342 e. The molecule has 20 heavy (non-hydrogen) atoms. The molecule has 1 heterocycles. The summed E-state index contributed by atoms with van der Waals surface area (Å²) in [6.07, 6.45) is 0.786. The van der Waals surface area contributed by atoms with Crippen LogP contribution in [0.3, 0.4) is 0 Å². The van der Waals surface area contributed by atoms with Crippen molar-refractivity contribution in [3.05, 3.63) is 35.6 Å². The minimum absolute atomic E-state index is 0.0321. The summed E-state index contributed by atoms with van der Waals surface area (Å²) in [6, 6.07) is 5.85. The highest BCUT2D eigenvalue weighted by Crippen LogP contribution is 2.13. The molecule has 0 aromatic heterocycles. The van der Waals surface area contributed by atoms with Crippen LogP contribution in [0.25, 0.3) is 0 Å². The van der Waals surface area contributed by atoms with Crippen molar-refractivity contribution in [1.29, 1.82) is 0 Å². The van der Waals surface area contributed by atoms with Gasteiger partial charge in [0.1, 0.15) is 11.9 Å². The Labute approximate surface area is 118 Å². The average Bonchev–Trinajstić information content (AvgIpc) is 2.42. The molecule has 0 saturated carbocycles. The minimum Gasteiger partial charge on any atom is -0.342 e. The Morgan fingerprint density at radius 2 is 2.15 bits per heavy atom. The number of carbonyl (C=O) groups is 2. The molecule has 2 amide bonds. The molecule has 108 valence electrons. The van der Waals surface area contributed by atoms with E-state index in [1.165, 1.54) is 12.1 Å². The molecule has 5 heteroatoms. The Morgan fingerprint density at radius 3 is 2.85 bits per heavy atom. The Bertz CT molecular complexity index is 518. The molecule has 1 atom stereocenters. The van der Waals surface area contributed by atoms with Crippen molar-refractivity contribution in [2.45, 2.75) is 25.8 Å². The number of piperazine rings is 1. The molecule has 4 nitrogen and oxygen atoms in total. The van der Waals surface area contributed by atoms with Crippen LogP contribution >= 0.6 is 0 Å². The quantitative estimate of drug-likeness (QED) is 0.839. The fraction of sp³-hybridized carbons (Fsp3) is 0.467. The second-order valence-electron chi connectivity index (χ2n) is 5.15. The maximum atomic E-state index is 13.1. The lowest BCUT2D eigenvalue weighted by Gasteiger charge is -2.37. The first-order chi connectivity index (χ1) is 9.49. The average molecular weight is 278 g/mol. The van der Waals surface area contributed by atoms with Gasteiger partial charge in [-0.25, -0.2) is 4.39 Å². The van der Waals surface area contributed by atoms with Gasteiger partial charge in [-0.05, 0) is 31.0 Å². The van der Waals surface area contributed by atoms with Gasteiger partial charge in [0, 0.05) is 26.6 Å². The minimum atomic E-state index is -0.409. The van der Waals surface area contributed by atoms with Crippen LogP contribution in [0.4, 0.5) is 4.39 Å². The first kappa shape index (κ1) is 14.5. The highest BCUT2D eigenvalue weighted by Gasteiger charge is 2.31. The number of rotatable bonds is 3. The van der Waals surface area contributed by atoms with E-state index in [1.807, 2.05) is 0 Å². The molecule has 1 aromatic rings. The van der Waals surface area contributed by atoms with E-state index in [0.29, 0.717) is 25.9 Å². The first-order valence-corrected chi connectivity index (χ1v) is 6.78. The molecule has 0 aliphatic carbocycles. The number of amides is 2. The maximum absolute atomic E-state index is 13.1. The summed E-state index contributed by atoms with van der Waals surface area (Å²) in [5, 5.41) is 0. The van der Waals surface area contributed by atoms with Gasteiger partial charge in [-0.2, -0.15) is 0 Å². The van der Waals surface area contributed by atoms with Crippen molar-refractivity contribution in [2.24, 2.45) is 0 Å². The van der Waals surface area contributed by atoms with Gasteiger partial charge in [-0.15, -0.1) is 0 Å². The zero-order valence-corrected chi connectivity index (χ0v) is 11.8. The summed E-state index contributed by atoms with van der Waals surface area (Å²) in [6.45, 7) is 2.87. The van der Waals surface area contributed by atoms with Gasteiger partial charge in [-0.3, -0.25) is 9.59 Å². The van der Waals surface area contributed by atoms with E-state index in [-0.39, 0.29) is 17.6 Å². The molecule has 0 bridgehead atoms. The van der Waals surface area contributed by atoms with Crippen LogP contribution in [0.1, 0.15) is 18.9 Å². The van der Waals surface area contributed by atoms with Gasteiger partial charge in [0.15, 0.2) is 0 Å². The van der Waals surface area contributed by atoms with Gasteiger partial charge in [-0.1, -0.05) is 12.1 Å². The van der Waals surface area contributed by atoms with Crippen molar-refractivity contribution >= 4 is 11.8 Å². The molecular weight excluding hydrogens is 259 g/mol. The van der Waals surface area contributed by atoms with Crippen LogP contribution in [0.15, 0.2) is 24.3 Å². The summed E-state index contributed by atoms with van der Waals surface area (Å²) in [4.78, 5) is 27.3. The number of benzene rings is 1. The SMILES string of the molecule is CC1C(=O)N(C)CCN1C(=O)CCc1cccc(F)c1. The third kappa shape index (κ3) is 3.15. The standard InChI is InChI=1S/C15H19FN2O2/c1-11-15(20)17(2)8-9-18(11)14(19)7-6-12-4-3-5-13(16)10-12/h3-5,10-11H,6-9H2,1-2H3. The smallest absolute Gasteiger partial charge is 0.244 e. The summed E-state index contributed by atoms with van der Waals surface area (Å²) in [5.41, 5.74) is 0.798. The molecule has 0 spiro atoms. The predicted octanol–water partition coefficient (Wildman–Crippen LogP) is 1.45. The van der Waals surface area contributed by atoms with E-state index < -0.39 is 6.04 Å². The van der Waals surface area contributed by atoms with E-state index in [0.717, 1.165) is 5.56 Å². The first-order valence-electron chi connectivity index (χ1n) is 6.78. The number of halogens is 1. The molecule has 1 unspecified atom stereocenters. The van der Waals surface area contributed by atoms with E-state index in [4.69, 9.17) is 0 Å². The second-order valence-corrected chi connectivity index (χ2v) is 5.15. The molecule has 2 rings (SSSR count). The number of hydrogen-bond donors (Lipinski definition) is 0. The van der Waals surface area contributed by atoms with E-state index >= 15 is 0 Å². The lowest BCUT2D eigenvalue weighted by Crippen LogP contribution is -2.56. The number of carbonyl (C=O) groups excluding carboxylic acids is 2. The molecule has 0 N–H and O–H groups in total. The molecule has 1 fully saturated rings. The molecule has 1 aromatic carbocycles. The highest BCUT2D eigenvalue weighted by molar-refractivity contribution is 5.88. The summed E-state index contributed by atoms with van der Waals surface area (Å²) in [7, 11) is 1.74. The van der Waals surface area contributed by atoms with Crippen LogP contribution in [-0.2, 0) is 16.0 Å².